The van der Waals surface area contributed by atoms with E-state index in [1.807, 2.05) is 0 Å². The summed E-state index contributed by atoms with van der Waals surface area (Å²) >= 11 is 0. The standard InChI is InChI=1S/C13H22N4O4S2/c1-22(18,19)15-6-3-7-16-8-10-17(11-9-16)23(20,21)13-4-2-5-14-12-13/h2,4-5,12,15H,3,6-11H2,1H3. The number of hydrogen-bond acceptors (Lipinski definition) is 6. The van der Waals surface area contributed by atoms with Crippen molar-refractivity contribution in [1.29, 1.82) is 0 Å². The van der Waals surface area contributed by atoms with Gasteiger partial charge >= 0.3 is 0 Å². The number of nitrogens with zero attached hydrogens (tertiary/aromatic N) is 3. The van der Waals surface area contributed by atoms with Crippen LogP contribution >= 0.6 is 0 Å². The Bertz CT molecular complexity index is 699. The summed E-state index contributed by atoms with van der Waals surface area (Å²) in [6.45, 7) is 3.26. The molecular formula is C13H22N4O4S2. The van der Waals surface area contributed by atoms with Crippen LogP contribution in [0.5, 0.6) is 0 Å². The van der Waals surface area contributed by atoms with Crippen LogP contribution in [0.3, 0.4) is 0 Å². The van der Waals surface area contributed by atoms with Crippen molar-refractivity contribution in [2.45, 2.75) is 11.3 Å². The lowest BCUT2D eigenvalue weighted by Gasteiger charge is -2.33. The van der Waals surface area contributed by atoms with E-state index >= 15 is 0 Å². The minimum absolute atomic E-state index is 0.214. The first-order chi connectivity index (χ1) is 10.8. The summed E-state index contributed by atoms with van der Waals surface area (Å²) in [5.41, 5.74) is 0. The number of hydrogen-bond donors (Lipinski definition) is 1. The van der Waals surface area contributed by atoms with Gasteiger partial charge in [-0.15, -0.1) is 0 Å². The summed E-state index contributed by atoms with van der Waals surface area (Å²) in [6, 6.07) is 3.16. The Balaban J connectivity index is 1.80. The molecule has 0 amide bonds. The van der Waals surface area contributed by atoms with E-state index in [0.29, 0.717) is 39.1 Å². The molecule has 10 heteroatoms. The van der Waals surface area contributed by atoms with Gasteiger partial charge in [-0.3, -0.25) is 4.98 Å². The van der Waals surface area contributed by atoms with Gasteiger partial charge in [-0.2, -0.15) is 4.31 Å². The Morgan fingerprint density at radius 3 is 2.43 bits per heavy atom. The van der Waals surface area contributed by atoms with Gasteiger partial charge in [-0.05, 0) is 25.1 Å². The molecule has 1 aliphatic heterocycles. The quantitative estimate of drug-likeness (QED) is 0.646. The topological polar surface area (TPSA) is 99.7 Å². The maximum Gasteiger partial charge on any atom is 0.244 e. The molecule has 0 atom stereocenters. The van der Waals surface area contributed by atoms with Gasteiger partial charge in [0.2, 0.25) is 20.0 Å². The Labute approximate surface area is 137 Å². The van der Waals surface area contributed by atoms with Crippen molar-refractivity contribution in [3.05, 3.63) is 24.5 Å². The van der Waals surface area contributed by atoms with E-state index in [9.17, 15) is 16.8 Å². The molecule has 0 aromatic carbocycles. The number of rotatable bonds is 7. The van der Waals surface area contributed by atoms with Gasteiger partial charge < -0.3 is 4.90 Å². The normalized spacial score (nSPS) is 18.1. The van der Waals surface area contributed by atoms with Crippen LogP contribution in [0.15, 0.2) is 29.4 Å². The van der Waals surface area contributed by atoms with Gasteiger partial charge in [-0.25, -0.2) is 21.6 Å². The second-order valence-electron chi connectivity index (χ2n) is 5.45. The first kappa shape index (κ1) is 18.3. The van der Waals surface area contributed by atoms with Crippen molar-refractivity contribution < 1.29 is 16.8 Å². The zero-order chi connectivity index (χ0) is 16.9. The Morgan fingerprint density at radius 1 is 1.17 bits per heavy atom. The monoisotopic (exact) mass is 362 g/mol. The molecule has 1 aliphatic rings. The third-order valence-electron chi connectivity index (χ3n) is 3.62. The molecule has 1 N–H and O–H groups in total. The van der Waals surface area contributed by atoms with Crippen LogP contribution in [0.2, 0.25) is 0 Å². The third-order valence-corrected chi connectivity index (χ3v) is 6.23. The molecule has 0 spiro atoms. The van der Waals surface area contributed by atoms with Gasteiger partial charge in [0.25, 0.3) is 0 Å². The zero-order valence-corrected chi connectivity index (χ0v) is 14.7. The van der Waals surface area contributed by atoms with Gasteiger partial charge in [0.15, 0.2) is 0 Å². The maximum atomic E-state index is 12.5. The average Bonchev–Trinajstić information content (AvgIpc) is 2.52. The van der Waals surface area contributed by atoms with Crippen LogP contribution in [0.25, 0.3) is 0 Å². The largest absolute Gasteiger partial charge is 0.301 e. The van der Waals surface area contributed by atoms with Crippen LogP contribution in [-0.4, -0.2) is 76.5 Å². The van der Waals surface area contributed by atoms with Crippen molar-refractivity contribution in [2.24, 2.45) is 0 Å². The summed E-state index contributed by atoms with van der Waals surface area (Å²) in [4.78, 5) is 6.21. The molecule has 2 heterocycles. The molecule has 0 bridgehead atoms. The molecule has 0 unspecified atom stereocenters. The van der Waals surface area contributed by atoms with Crippen molar-refractivity contribution in [3.8, 4) is 0 Å². The number of nitrogens with one attached hydrogen (secondary N) is 1. The van der Waals surface area contributed by atoms with Gasteiger partial charge in [-0.1, -0.05) is 0 Å². The lowest BCUT2D eigenvalue weighted by atomic mass is 10.3. The number of pyridine rings is 1. The second kappa shape index (κ2) is 7.67. The van der Waals surface area contributed by atoms with Crippen molar-refractivity contribution in [2.75, 3.05) is 45.5 Å². The molecule has 0 saturated carbocycles. The first-order valence-electron chi connectivity index (χ1n) is 7.36. The zero-order valence-electron chi connectivity index (χ0n) is 13.1. The Morgan fingerprint density at radius 2 is 1.87 bits per heavy atom. The van der Waals surface area contributed by atoms with E-state index in [4.69, 9.17) is 0 Å². The smallest absolute Gasteiger partial charge is 0.244 e. The van der Waals surface area contributed by atoms with E-state index < -0.39 is 20.0 Å². The summed E-state index contributed by atoms with van der Waals surface area (Å²) in [5.74, 6) is 0. The average molecular weight is 362 g/mol. The van der Waals surface area contributed by atoms with E-state index in [0.717, 1.165) is 12.8 Å². The van der Waals surface area contributed by atoms with Crippen LogP contribution in [-0.2, 0) is 20.0 Å². The molecular weight excluding hydrogens is 340 g/mol. The molecule has 1 aromatic heterocycles. The highest BCUT2D eigenvalue weighted by molar-refractivity contribution is 7.89. The van der Waals surface area contributed by atoms with Gasteiger partial charge in [0, 0.05) is 45.1 Å². The second-order valence-corrected chi connectivity index (χ2v) is 9.23. The fourth-order valence-corrected chi connectivity index (χ4v) is 4.30. The Kier molecular flexibility index (Phi) is 6.09. The van der Waals surface area contributed by atoms with Crippen molar-refractivity contribution in [1.82, 2.24) is 18.9 Å². The molecule has 2 rings (SSSR count). The van der Waals surface area contributed by atoms with Crippen LogP contribution in [0.4, 0.5) is 0 Å². The minimum atomic E-state index is -3.48. The highest BCUT2D eigenvalue weighted by Gasteiger charge is 2.28. The summed E-state index contributed by atoms with van der Waals surface area (Å²) in [5, 5.41) is 0. The van der Waals surface area contributed by atoms with Crippen LogP contribution in [0.1, 0.15) is 6.42 Å². The van der Waals surface area contributed by atoms with E-state index in [1.54, 1.807) is 18.3 Å². The van der Waals surface area contributed by atoms with Crippen LogP contribution < -0.4 is 4.72 Å². The molecule has 1 aromatic rings. The van der Waals surface area contributed by atoms with Crippen molar-refractivity contribution >= 4 is 20.0 Å². The van der Waals surface area contributed by atoms with Crippen molar-refractivity contribution in [3.63, 3.8) is 0 Å². The summed E-state index contributed by atoms with van der Waals surface area (Å²) in [7, 11) is -6.63. The van der Waals surface area contributed by atoms with Gasteiger partial charge in [0.05, 0.1) is 6.26 Å². The molecule has 130 valence electrons. The lowest BCUT2D eigenvalue weighted by Crippen LogP contribution is -2.49. The highest BCUT2D eigenvalue weighted by Crippen LogP contribution is 2.16. The Hall–Kier alpha value is -1.07. The third kappa shape index (κ3) is 5.50. The molecule has 0 radical (unpaired) electrons. The lowest BCUT2D eigenvalue weighted by molar-refractivity contribution is 0.187. The molecule has 1 saturated heterocycles. The molecule has 8 nitrogen and oxygen atoms in total. The molecule has 1 fully saturated rings. The van der Waals surface area contributed by atoms with Gasteiger partial charge in [0.1, 0.15) is 4.90 Å². The number of sulfonamides is 2. The SMILES string of the molecule is CS(=O)(=O)NCCCN1CCN(S(=O)(=O)c2cccnc2)CC1. The number of piperazine rings is 1. The van der Waals surface area contributed by atoms with E-state index in [2.05, 4.69) is 14.6 Å². The minimum Gasteiger partial charge on any atom is -0.301 e. The molecule has 23 heavy (non-hydrogen) atoms. The molecule has 0 aliphatic carbocycles. The maximum absolute atomic E-state index is 12.5. The predicted molar refractivity (Wildman–Crippen MR) is 86.9 cm³/mol. The fourth-order valence-electron chi connectivity index (χ4n) is 2.40. The van der Waals surface area contributed by atoms with Crippen LogP contribution in [0, 0.1) is 0 Å². The van der Waals surface area contributed by atoms with E-state index in [-0.39, 0.29) is 4.90 Å². The predicted octanol–water partition coefficient (Wildman–Crippen LogP) is -0.673. The van der Waals surface area contributed by atoms with E-state index in [1.165, 1.54) is 10.5 Å². The summed E-state index contributed by atoms with van der Waals surface area (Å²) < 4.78 is 50.8. The highest BCUT2D eigenvalue weighted by atomic mass is 32.2. The first-order valence-corrected chi connectivity index (χ1v) is 10.7. The number of aromatic nitrogens is 1. The fraction of sp³-hybridized carbons (Fsp3) is 0.615. The summed E-state index contributed by atoms with van der Waals surface area (Å²) in [6.07, 6.45) is 4.73.